The van der Waals surface area contributed by atoms with Crippen LogP contribution in [0.15, 0.2) is 30.3 Å². The number of hydrogen-bond acceptors (Lipinski definition) is 2. The summed E-state index contributed by atoms with van der Waals surface area (Å²) < 4.78 is 6.06. The van der Waals surface area contributed by atoms with Gasteiger partial charge < -0.3 is 10.5 Å². The first kappa shape index (κ1) is 15.0. The number of nitrogens with two attached hydrogens (primary N) is 1. The van der Waals surface area contributed by atoms with Gasteiger partial charge in [0.15, 0.2) is 0 Å². The van der Waals surface area contributed by atoms with Crippen molar-refractivity contribution in [3.05, 3.63) is 58.1 Å². The van der Waals surface area contributed by atoms with Crippen LogP contribution in [0.25, 0.3) is 0 Å². The second-order valence-corrected chi connectivity index (χ2v) is 6.99. The van der Waals surface area contributed by atoms with Gasteiger partial charge in [-0.2, -0.15) is 0 Å². The minimum absolute atomic E-state index is 0.128. The van der Waals surface area contributed by atoms with Gasteiger partial charge in [-0.1, -0.05) is 38.1 Å². The van der Waals surface area contributed by atoms with Crippen LogP contribution in [0.5, 0.6) is 5.75 Å². The molecule has 0 radical (unpaired) electrons. The highest BCUT2D eigenvalue weighted by atomic mass is 16.5. The zero-order valence-corrected chi connectivity index (χ0v) is 14.2. The summed E-state index contributed by atoms with van der Waals surface area (Å²) in [7, 11) is 0. The molecule has 0 fully saturated rings. The van der Waals surface area contributed by atoms with Gasteiger partial charge in [0, 0.05) is 11.3 Å². The van der Waals surface area contributed by atoms with E-state index in [2.05, 4.69) is 65.0 Å². The molecule has 2 N–H and O–H groups in total. The Morgan fingerprint density at radius 3 is 2.32 bits per heavy atom. The van der Waals surface area contributed by atoms with Gasteiger partial charge in [-0.15, -0.1) is 0 Å². The lowest BCUT2D eigenvalue weighted by atomic mass is 9.76. The second kappa shape index (κ2) is 5.05. The molecule has 2 aromatic carbocycles. The SMILES string of the molecule is Cc1c(N)cc2c(c1C)OCC2(C)c1ccc(C(C)C)cc1. The van der Waals surface area contributed by atoms with Crippen molar-refractivity contribution in [2.75, 3.05) is 12.3 Å². The Labute approximate surface area is 133 Å². The van der Waals surface area contributed by atoms with Gasteiger partial charge >= 0.3 is 0 Å². The van der Waals surface area contributed by atoms with Gasteiger partial charge in [-0.05, 0) is 55.0 Å². The van der Waals surface area contributed by atoms with Crippen LogP contribution in [-0.2, 0) is 5.41 Å². The molecule has 1 unspecified atom stereocenters. The summed E-state index contributed by atoms with van der Waals surface area (Å²) in [6.07, 6.45) is 0. The molecule has 0 saturated carbocycles. The first-order valence-corrected chi connectivity index (χ1v) is 7.98. The van der Waals surface area contributed by atoms with Crippen LogP contribution in [0.2, 0.25) is 0 Å². The average Bonchev–Trinajstić information content (AvgIpc) is 2.84. The van der Waals surface area contributed by atoms with Crippen molar-refractivity contribution >= 4 is 5.69 Å². The lowest BCUT2D eigenvalue weighted by Gasteiger charge is -2.24. The molecule has 1 aliphatic rings. The second-order valence-electron chi connectivity index (χ2n) is 6.99. The molecule has 2 heteroatoms. The van der Waals surface area contributed by atoms with Crippen molar-refractivity contribution in [2.24, 2.45) is 0 Å². The third-order valence-electron chi connectivity index (χ3n) is 5.19. The summed E-state index contributed by atoms with van der Waals surface area (Å²) >= 11 is 0. The zero-order chi connectivity index (χ0) is 16.1. The minimum Gasteiger partial charge on any atom is -0.492 e. The number of hydrogen-bond donors (Lipinski definition) is 1. The van der Waals surface area contributed by atoms with E-state index in [0.717, 1.165) is 22.6 Å². The zero-order valence-electron chi connectivity index (χ0n) is 14.2. The van der Waals surface area contributed by atoms with E-state index in [-0.39, 0.29) is 5.41 Å². The van der Waals surface area contributed by atoms with Crippen molar-refractivity contribution in [2.45, 2.75) is 46.0 Å². The van der Waals surface area contributed by atoms with Gasteiger partial charge in [0.25, 0.3) is 0 Å². The number of rotatable bonds is 2. The standard InChI is InChI=1S/C20H25NO/c1-12(2)15-6-8-16(9-7-15)20(5)11-22-19-14(4)13(3)18(21)10-17(19)20/h6-10,12H,11,21H2,1-5H3. The minimum atomic E-state index is -0.128. The normalized spacial score (nSPS) is 20.1. The summed E-state index contributed by atoms with van der Waals surface area (Å²) in [5.41, 5.74) is 13.1. The third kappa shape index (κ3) is 2.09. The van der Waals surface area contributed by atoms with E-state index in [4.69, 9.17) is 10.5 Å². The molecule has 2 nitrogen and oxygen atoms in total. The van der Waals surface area contributed by atoms with Crippen LogP contribution in [0.4, 0.5) is 5.69 Å². The van der Waals surface area contributed by atoms with E-state index in [1.807, 2.05) is 0 Å². The first-order valence-electron chi connectivity index (χ1n) is 7.98. The van der Waals surface area contributed by atoms with E-state index in [9.17, 15) is 0 Å². The Hall–Kier alpha value is -1.96. The van der Waals surface area contributed by atoms with Crippen molar-refractivity contribution in [3.8, 4) is 5.75 Å². The molecule has 116 valence electrons. The molecule has 0 saturated heterocycles. The van der Waals surface area contributed by atoms with Gasteiger partial charge in [-0.3, -0.25) is 0 Å². The number of benzene rings is 2. The topological polar surface area (TPSA) is 35.2 Å². The van der Waals surface area contributed by atoms with Gasteiger partial charge in [0.1, 0.15) is 12.4 Å². The Bertz CT molecular complexity index is 715. The van der Waals surface area contributed by atoms with Crippen LogP contribution in [-0.4, -0.2) is 6.61 Å². The molecule has 1 aliphatic heterocycles. The van der Waals surface area contributed by atoms with Gasteiger partial charge in [-0.25, -0.2) is 0 Å². The van der Waals surface area contributed by atoms with Crippen LogP contribution in [0.1, 0.15) is 54.5 Å². The van der Waals surface area contributed by atoms with E-state index < -0.39 is 0 Å². The van der Waals surface area contributed by atoms with Crippen LogP contribution >= 0.6 is 0 Å². The maximum Gasteiger partial charge on any atom is 0.126 e. The first-order chi connectivity index (χ1) is 10.3. The van der Waals surface area contributed by atoms with Crippen molar-refractivity contribution in [3.63, 3.8) is 0 Å². The summed E-state index contributed by atoms with van der Waals surface area (Å²) in [6.45, 7) is 11.5. The monoisotopic (exact) mass is 295 g/mol. The lowest BCUT2D eigenvalue weighted by molar-refractivity contribution is 0.301. The van der Waals surface area contributed by atoms with Crippen LogP contribution in [0, 0.1) is 13.8 Å². The summed E-state index contributed by atoms with van der Waals surface area (Å²) in [6, 6.07) is 11.0. The van der Waals surface area contributed by atoms with Crippen LogP contribution < -0.4 is 10.5 Å². The lowest BCUT2D eigenvalue weighted by Crippen LogP contribution is -2.25. The fourth-order valence-electron chi connectivity index (χ4n) is 3.28. The number of ether oxygens (including phenoxy) is 1. The quantitative estimate of drug-likeness (QED) is 0.814. The maximum atomic E-state index is 6.20. The van der Waals surface area contributed by atoms with Crippen molar-refractivity contribution < 1.29 is 4.74 Å². The Balaban J connectivity index is 2.10. The molecule has 0 spiro atoms. The predicted octanol–water partition coefficient (Wildman–Crippen LogP) is 4.71. The molecular weight excluding hydrogens is 270 g/mol. The van der Waals surface area contributed by atoms with Crippen molar-refractivity contribution in [1.82, 2.24) is 0 Å². The van der Waals surface area contributed by atoms with Crippen molar-refractivity contribution in [1.29, 1.82) is 0 Å². The van der Waals surface area contributed by atoms with E-state index in [1.165, 1.54) is 16.7 Å². The Morgan fingerprint density at radius 2 is 1.73 bits per heavy atom. The molecule has 3 rings (SSSR count). The highest BCUT2D eigenvalue weighted by molar-refractivity contribution is 5.64. The summed E-state index contributed by atoms with van der Waals surface area (Å²) in [5, 5.41) is 0. The Kier molecular flexibility index (Phi) is 3.43. The summed E-state index contributed by atoms with van der Waals surface area (Å²) in [4.78, 5) is 0. The molecule has 2 aromatic rings. The third-order valence-corrected chi connectivity index (χ3v) is 5.19. The highest BCUT2D eigenvalue weighted by Gasteiger charge is 2.39. The molecule has 0 amide bonds. The molecular formula is C20H25NO. The van der Waals surface area contributed by atoms with Gasteiger partial charge in [0.05, 0.1) is 5.41 Å². The molecule has 0 aromatic heterocycles. The largest absolute Gasteiger partial charge is 0.492 e. The van der Waals surface area contributed by atoms with E-state index in [1.54, 1.807) is 0 Å². The van der Waals surface area contributed by atoms with Crippen LogP contribution in [0.3, 0.4) is 0 Å². The maximum absolute atomic E-state index is 6.20. The summed E-state index contributed by atoms with van der Waals surface area (Å²) in [5.74, 6) is 1.57. The molecule has 1 heterocycles. The number of nitrogen functional groups attached to an aromatic ring is 1. The number of anilines is 1. The fraction of sp³-hybridized carbons (Fsp3) is 0.400. The Morgan fingerprint density at radius 1 is 1.09 bits per heavy atom. The predicted molar refractivity (Wildman–Crippen MR) is 92.8 cm³/mol. The molecule has 0 aliphatic carbocycles. The molecule has 1 atom stereocenters. The number of fused-ring (bicyclic) bond motifs is 1. The fourth-order valence-corrected chi connectivity index (χ4v) is 3.28. The average molecular weight is 295 g/mol. The van der Waals surface area contributed by atoms with E-state index in [0.29, 0.717) is 12.5 Å². The van der Waals surface area contributed by atoms with Gasteiger partial charge in [0.2, 0.25) is 0 Å². The molecule has 0 bridgehead atoms. The highest BCUT2D eigenvalue weighted by Crippen LogP contribution is 2.47. The smallest absolute Gasteiger partial charge is 0.126 e. The van der Waals surface area contributed by atoms with E-state index >= 15 is 0 Å². The molecule has 22 heavy (non-hydrogen) atoms.